The van der Waals surface area contributed by atoms with Crippen LogP contribution in [-0.4, -0.2) is 16.7 Å². The molecular formula is C14H13NO. The van der Waals surface area contributed by atoms with E-state index in [9.17, 15) is 0 Å². The van der Waals surface area contributed by atoms with E-state index in [1.54, 1.807) is 18.5 Å². The van der Waals surface area contributed by atoms with Gasteiger partial charge in [0.2, 0.25) is 0 Å². The monoisotopic (exact) mass is 211 g/mol. The van der Waals surface area contributed by atoms with Crippen molar-refractivity contribution < 1.29 is 5.11 Å². The molecule has 1 aromatic heterocycles. The molecule has 1 heterocycles. The molecule has 80 valence electrons. The molecule has 0 bridgehead atoms. The molecule has 0 amide bonds. The molecule has 0 unspecified atom stereocenters. The zero-order chi connectivity index (χ0) is 11.2. The zero-order valence-corrected chi connectivity index (χ0v) is 8.88. The maximum Gasteiger partial charge on any atom is 0.0621 e. The molecule has 0 spiro atoms. The quantitative estimate of drug-likeness (QED) is 0.846. The van der Waals surface area contributed by atoms with Gasteiger partial charge < -0.3 is 5.11 Å². The van der Waals surface area contributed by atoms with Crippen LogP contribution in [0.3, 0.4) is 0 Å². The van der Waals surface area contributed by atoms with Crippen LogP contribution in [0, 0.1) is 0 Å². The van der Waals surface area contributed by atoms with Gasteiger partial charge in [0, 0.05) is 18.0 Å². The molecule has 0 atom stereocenters. The molecule has 0 fully saturated rings. The lowest BCUT2D eigenvalue weighted by molar-refractivity contribution is 0.343. The van der Waals surface area contributed by atoms with Crippen molar-refractivity contribution in [3.8, 4) is 0 Å². The zero-order valence-electron chi connectivity index (χ0n) is 8.88. The first-order valence-corrected chi connectivity index (χ1v) is 5.18. The van der Waals surface area contributed by atoms with Gasteiger partial charge in [0.1, 0.15) is 0 Å². The number of hydrogen-bond donors (Lipinski definition) is 1. The van der Waals surface area contributed by atoms with Crippen LogP contribution in [0.2, 0.25) is 0 Å². The first-order valence-electron chi connectivity index (χ1n) is 5.18. The molecule has 2 heteroatoms. The highest BCUT2D eigenvalue weighted by Gasteiger charge is 2.03. The standard InChI is InChI=1S/C14H13NO/c16-10-8-14(12-5-2-1-3-6-12)13-7-4-9-15-11-13/h1-9,11,16H,10H2/b14-8-. The van der Waals surface area contributed by atoms with E-state index in [4.69, 9.17) is 5.11 Å². The van der Waals surface area contributed by atoms with Crippen LogP contribution in [0.1, 0.15) is 11.1 Å². The van der Waals surface area contributed by atoms with Crippen molar-refractivity contribution in [3.63, 3.8) is 0 Å². The molecule has 0 saturated heterocycles. The summed E-state index contributed by atoms with van der Waals surface area (Å²) in [5.41, 5.74) is 3.11. The molecule has 1 N–H and O–H groups in total. The first-order chi connectivity index (χ1) is 7.92. The molecule has 16 heavy (non-hydrogen) atoms. The summed E-state index contributed by atoms with van der Waals surface area (Å²) in [5.74, 6) is 0. The third-order valence-electron chi connectivity index (χ3n) is 2.35. The fourth-order valence-electron chi connectivity index (χ4n) is 1.63. The molecular weight excluding hydrogens is 198 g/mol. The lowest BCUT2D eigenvalue weighted by Gasteiger charge is -2.07. The second kappa shape index (κ2) is 5.24. The Hall–Kier alpha value is -1.93. The number of benzene rings is 1. The maximum absolute atomic E-state index is 9.06. The van der Waals surface area contributed by atoms with Crippen molar-refractivity contribution in [1.29, 1.82) is 0 Å². The highest BCUT2D eigenvalue weighted by Crippen LogP contribution is 2.21. The maximum atomic E-state index is 9.06. The van der Waals surface area contributed by atoms with Gasteiger partial charge in [-0.1, -0.05) is 42.5 Å². The first kappa shape index (κ1) is 10.6. The van der Waals surface area contributed by atoms with E-state index in [0.717, 1.165) is 16.7 Å². The van der Waals surface area contributed by atoms with E-state index < -0.39 is 0 Å². The summed E-state index contributed by atoms with van der Waals surface area (Å²) in [5, 5.41) is 9.06. The minimum atomic E-state index is 0.0269. The van der Waals surface area contributed by atoms with Crippen molar-refractivity contribution >= 4 is 5.57 Å². The molecule has 0 aliphatic carbocycles. The normalized spacial score (nSPS) is 11.4. The number of aromatic nitrogens is 1. The van der Waals surface area contributed by atoms with Gasteiger partial charge in [-0.25, -0.2) is 0 Å². The average molecular weight is 211 g/mol. The van der Waals surface area contributed by atoms with Crippen LogP contribution in [0.4, 0.5) is 0 Å². The van der Waals surface area contributed by atoms with Gasteiger partial charge in [0.25, 0.3) is 0 Å². The van der Waals surface area contributed by atoms with Gasteiger partial charge in [-0.05, 0) is 17.2 Å². The van der Waals surface area contributed by atoms with Gasteiger partial charge in [-0.3, -0.25) is 4.98 Å². The lowest BCUT2D eigenvalue weighted by Crippen LogP contribution is -1.90. The Morgan fingerprint density at radius 3 is 2.44 bits per heavy atom. The van der Waals surface area contributed by atoms with Gasteiger partial charge in [0.05, 0.1) is 6.61 Å². The molecule has 1 aromatic carbocycles. The summed E-state index contributed by atoms with van der Waals surface area (Å²) in [7, 11) is 0. The van der Waals surface area contributed by atoms with Crippen LogP contribution in [-0.2, 0) is 0 Å². The molecule has 0 saturated carbocycles. The predicted molar refractivity (Wildman–Crippen MR) is 64.8 cm³/mol. The van der Waals surface area contributed by atoms with Crippen molar-refractivity contribution in [1.82, 2.24) is 4.98 Å². The number of hydrogen-bond acceptors (Lipinski definition) is 2. The molecule has 2 aromatic rings. The van der Waals surface area contributed by atoms with Gasteiger partial charge in [0.15, 0.2) is 0 Å². The van der Waals surface area contributed by atoms with E-state index in [2.05, 4.69) is 4.98 Å². The van der Waals surface area contributed by atoms with Crippen molar-refractivity contribution in [2.75, 3.05) is 6.61 Å². The fourth-order valence-corrected chi connectivity index (χ4v) is 1.63. The van der Waals surface area contributed by atoms with Crippen LogP contribution >= 0.6 is 0 Å². The summed E-state index contributed by atoms with van der Waals surface area (Å²) in [6.07, 6.45) is 5.34. The van der Waals surface area contributed by atoms with Crippen LogP contribution in [0.15, 0.2) is 60.9 Å². The number of pyridine rings is 1. The molecule has 2 rings (SSSR count). The highest BCUT2D eigenvalue weighted by atomic mass is 16.2. The van der Waals surface area contributed by atoms with E-state index in [-0.39, 0.29) is 6.61 Å². The second-order valence-corrected chi connectivity index (χ2v) is 3.41. The van der Waals surface area contributed by atoms with Crippen molar-refractivity contribution in [3.05, 3.63) is 72.1 Å². The van der Waals surface area contributed by atoms with E-state index in [1.165, 1.54) is 0 Å². The Bertz CT molecular complexity index is 421. The topological polar surface area (TPSA) is 33.1 Å². The van der Waals surface area contributed by atoms with Crippen LogP contribution in [0.5, 0.6) is 0 Å². The third-order valence-corrected chi connectivity index (χ3v) is 2.35. The smallest absolute Gasteiger partial charge is 0.0621 e. The summed E-state index contributed by atoms with van der Waals surface area (Å²) >= 11 is 0. The number of aliphatic hydroxyl groups excluding tert-OH is 1. The Balaban J connectivity index is 2.44. The molecule has 0 aliphatic heterocycles. The fraction of sp³-hybridized carbons (Fsp3) is 0.0714. The van der Waals surface area contributed by atoms with Crippen molar-refractivity contribution in [2.45, 2.75) is 0 Å². The third kappa shape index (κ3) is 2.35. The number of aliphatic hydroxyl groups is 1. The molecule has 2 nitrogen and oxygen atoms in total. The van der Waals surface area contributed by atoms with Crippen molar-refractivity contribution in [2.24, 2.45) is 0 Å². The van der Waals surface area contributed by atoms with E-state index in [1.807, 2.05) is 42.5 Å². The summed E-state index contributed by atoms with van der Waals surface area (Å²) in [6.45, 7) is 0.0269. The van der Waals surface area contributed by atoms with E-state index >= 15 is 0 Å². The largest absolute Gasteiger partial charge is 0.392 e. The van der Waals surface area contributed by atoms with Gasteiger partial charge in [-0.2, -0.15) is 0 Å². The molecule has 0 radical (unpaired) electrons. The predicted octanol–water partition coefficient (Wildman–Crippen LogP) is 2.51. The minimum Gasteiger partial charge on any atom is -0.392 e. The minimum absolute atomic E-state index is 0.0269. The Morgan fingerprint density at radius 1 is 1.06 bits per heavy atom. The highest BCUT2D eigenvalue weighted by molar-refractivity contribution is 5.79. The van der Waals surface area contributed by atoms with E-state index in [0.29, 0.717) is 0 Å². The van der Waals surface area contributed by atoms with Gasteiger partial charge in [-0.15, -0.1) is 0 Å². The Kier molecular flexibility index (Phi) is 3.46. The summed E-state index contributed by atoms with van der Waals surface area (Å²) in [4.78, 5) is 4.09. The van der Waals surface area contributed by atoms with Gasteiger partial charge >= 0.3 is 0 Å². The molecule has 0 aliphatic rings. The van der Waals surface area contributed by atoms with Crippen LogP contribution in [0.25, 0.3) is 5.57 Å². The lowest BCUT2D eigenvalue weighted by atomic mass is 9.99. The number of rotatable bonds is 3. The second-order valence-electron chi connectivity index (χ2n) is 3.41. The summed E-state index contributed by atoms with van der Waals surface area (Å²) < 4.78 is 0. The average Bonchev–Trinajstić information content (AvgIpc) is 2.38. The Morgan fingerprint density at radius 2 is 1.81 bits per heavy atom. The Labute approximate surface area is 94.9 Å². The summed E-state index contributed by atoms with van der Waals surface area (Å²) in [6, 6.07) is 13.9. The van der Waals surface area contributed by atoms with Crippen LogP contribution < -0.4 is 0 Å². The number of nitrogens with zero attached hydrogens (tertiary/aromatic N) is 1. The SMILES string of the molecule is OC/C=C(/c1ccccc1)c1cccnc1.